The smallest absolute Gasteiger partial charge is 0.329 e. The SMILES string of the molecule is CC(=O)N[C@@H](Cc1c[nH]c2ccccc12)C(=O)NC(CCC(C)(C)C)C(=O)OC(C)(C)C. The fourth-order valence-corrected chi connectivity index (χ4v) is 3.45. The van der Waals surface area contributed by atoms with E-state index in [1.807, 2.05) is 30.5 Å². The summed E-state index contributed by atoms with van der Waals surface area (Å²) in [5.41, 5.74) is 1.20. The van der Waals surface area contributed by atoms with Gasteiger partial charge in [-0.1, -0.05) is 39.0 Å². The van der Waals surface area contributed by atoms with Crippen LogP contribution in [0.1, 0.15) is 66.9 Å². The Labute approximate surface area is 190 Å². The van der Waals surface area contributed by atoms with Crippen LogP contribution in [0.4, 0.5) is 0 Å². The molecule has 0 bridgehead atoms. The minimum absolute atomic E-state index is 0.00787. The Morgan fingerprint density at radius 1 is 1.00 bits per heavy atom. The van der Waals surface area contributed by atoms with E-state index in [4.69, 9.17) is 4.74 Å². The summed E-state index contributed by atoms with van der Waals surface area (Å²) >= 11 is 0. The van der Waals surface area contributed by atoms with Crippen LogP contribution in [0.2, 0.25) is 0 Å². The molecular weight excluding hydrogens is 406 g/mol. The van der Waals surface area contributed by atoms with Crippen molar-refractivity contribution in [2.24, 2.45) is 5.41 Å². The third kappa shape index (κ3) is 8.02. The third-order valence-electron chi connectivity index (χ3n) is 4.98. The van der Waals surface area contributed by atoms with Crippen molar-refractivity contribution in [2.75, 3.05) is 0 Å². The summed E-state index contributed by atoms with van der Waals surface area (Å²) in [6.45, 7) is 13.0. The fraction of sp³-hybridized carbons (Fsp3) is 0.560. The number of ether oxygens (including phenoxy) is 1. The molecule has 1 unspecified atom stereocenters. The summed E-state index contributed by atoms with van der Waals surface area (Å²) in [6.07, 6.45) is 3.32. The lowest BCUT2D eigenvalue weighted by Crippen LogP contribution is -2.53. The van der Waals surface area contributed by atoms with Crippen LogP contribution in [0, 0.1) is 5.41 Å². The van der Waals surface area contributed by atoms with Crippen LogP contribution in [-0.2, 0) is 25.5 Å². The molecule has 32 heavy (non-hydrogen) atoms. The first-order chi connectivity index (χ1) is 14.7. The van der Waals surface area contributed by atoms with E-state index in [0.717, 1.165) is 22.9 Å². The molecule has 0 radical (unpaired) electrons. The van der Waals surface area contributed by atoms with Gasteiger partial charge in [0.05, 0.1) is 0 Å². The number of fused-ring (bicyclic) bond motifs is 1. The van der Waals surface area contributed by atoms with Gasteiger partial charge in [0.25, 0.3) is 0 Å². The molecule has 0 saturated heterocycles. The summed E-state index contributed by atoms with van der Waals surface area (Å²) in [5, 5.41) is 6.56. The van der Waals surface area contributed by atoms with Crippen molar-refractivity contribution in [3.63, 3.8) is 0 Å². The maximum absolute atomic E-state index is 13.2. The summed E-state index contributed by atoms with van der Waals surface area (Å²) in [6, 6.07) is 6.18. The quantitative estimate of drug-likeness (QED) is 0.539. The van der Waals surface area contributed by atoms with Crippen LogP contribution >= 0.6 is 0 Å². The van der Waals surface area contributed by atoms with Gasteiger partial charge in [-0.25, -0.2) is 4.79 Å². The standard InChI is InChI=1S/C25H37N3O4/c1-16(29)27-21(14-17-15-26-19-11-9-8-10-18(17)19)22(30)28-20(12-13-24(2,3)4)23(31)32-25(5,6)7/h8-11,15,20-21,26H,12-14H2,1-7H3,(H,27,29)(H,28,30)/t20?,21-/m0/s1. The van der Waals surface area contributed by atoms with E-state index in [1.165, 1.54) is 6.92 Å². The molecular formula is C25H37N3O4. The number of nitrogens with one attached hydrogen (secondary N) is 3. The Bertz CT molecular complexity index is 950. The number of esters is 1. The second-order valence-electron chi connectivity index (χ2n) is 10.5. The molecule has 1 aromatic heterocycles. The van der Waals surface area contributed by atoms with Crippen molar-refractivity contribution in [1.82, 2.24) is 15.6 Å². The zero-order chi connectivity index (χ0) is 24.1. The number of aromatic amines is 1. The highest BCUT2D eigenvalue weighted by molar-refractivity contribution is 5.91. The van der Waals surface area contributed by atoms with Crippen molar-refractivity contribution in [1.29, 1.82) is 0 Å². The van der Waals surface area contributed by atoms with Crippen LogP contribution in [0.5, 0.6) is 0 Å². The monoisotopic (exact) mass is 443 g/mol. The lowest BCUT2D eigenvalue weighted by atomic mass is 9.88. The Hall–Kier alpha value is -2.83. The summed E-state index contributed by atoms with van der Waals surface area (Å²) in [4.78, 5) is 41.0. The number of rotatable bonds is 8. The van der Waals surface area contributed by atoms with E-state index in [1.54, 1.807) is 20.8 Å². The normalized spacial score (nSPS) is 14.0. The van der Waals surface area contributed by atoms with Crippen LogP contribution in [0.25, 0.3) is 10.9 Å². The molecule has 0 aliphatic rings. The van der Waals surface area contributed by atoms with Crippen molar-refractivity contribution in [3.05, 3.63) is 36.0 Å². The molecule has 176 valence electrons. The average Bonchev–Trinajstić information content (AvgIpc) is 3.05. The Morgan fingerprint density at radius 3 is 2.25 bits per heavy atom. The van der Waals surface area contributed by atoms with Crippen molar-refractivity contribution < 1.29 is 19.1 Å². The minimum atomic E-state index is -0.814. The molecule has 7 heteroatoms. The van der Waals surface area contributed by atoms with E-state index in [9.17, 15) is 14.4 Å². The number of carbonyl (C=O) groups excluding carboxylic acids is 3. The summed E-state index contributed by atoms with van der Waals surface area (Å²) in [7, 11) is 0. The zero-order valence-corrected chi connectivity index (χ0v) is 20.3. The third-order valence-corrected chi connectivity index (χ3v) is 4.98. The largest absolute Gasteiger partial charge is 0.458 e. The summed E-state index contributed by atoms with van der Waals surface area (Å²) in [5.74, 6) is -1.19. The highest BCUT2D eigenvalue weighted by atomic mass is 16.6. The number of hydrogen-bond acceptors (Lipinski definition) is 4. The van der Waals surface area contributed by atoms with Crippen molar-refractivity contribution >= 4 is 28.7 Å². The first kappa shape index (κ1) is 25.4. The van der Waals surface area contributed by atoms with Gasteiger partial charge in [0, 0.05) is 30.4 Å². The molecule has 0 aliphatic carbocycles. The van der Waals surface area contributed by atoms with Crippen LogP contribution in [0.15, 0.2) is 30.5 Å². The van der Waals surface area contributed by atoms with E-state index < -0.39 is 29.6 Å². The molecule has 1 heterocycles. The van der Waals surface area contributed by atoms with Gasteiger partial charge in [0.1, 0.15) is 17.7 Å². The molecule has 2 rings (SSSR count). The molecule has 1 aromatic carbocycles. The molecule has 2 amide bonds. The van der Waals surface area contributed by atoms with Crippen LogP contribution < -0.4 is 10.6 Å². The zero-order valence-electron chi connectivity index (χ0n) is 20.3. The predicted molar refractivity (Wildman–Crippen MR) is 126 cm³/mol. The van der Waals surface area contributed by atoms with Gasteiger partial charge in [-0.15, -0.1) is 0 Å². The second-order valence-corrected chi connectivity index (χ2v) is 10.5. The van der Waals surface area contributed by atoms with Crippen molar-refractivity contribution in [2.45, 2.75) is 85.4 Å². The average molecular weight is 444 g/mol. The molecule has 2 atom stereocenters. The molecule has 3 N–H and O–H groups in total. The Kier molecular flexibility index (Phi) is 8.10. The van der Waals surface area contributed by atoms with E-state index in [-0.39, 0.29) is 11.3 Å². The number of H-pyrrole nitrogens is 1. The van der Waals surface area contributed by atoms with Gasteiger partial charge in [-0.05, 0) is 50.7 Å². The number of hydrogen-bond donors (Lipinski definition) is 3. The number of benzene rings is 1. The highest BCUT2D eigenvalue weighted by Crippen LogP contribution is 2.23. The highest BCUT2D eigenvalue weighted by Gasteiger charge is 2.31. The van der Waals surface area contributed by atoms with Crippen LogP contribution in [-0.4, -0.2) is 40.5 Å². The molecule has 0 spiro atoms. The number of para-hydroxylation sites is 1. The summed E-state index contributed by atoms with van der Waals surface area (Å²) < 4.78 is 5.54. The van der Waals surface area contributed by atoms with Crippen LogP contribution in [0.3, 0.4) is 0 Å². The van der Waals surface area contributed by atoms with Gasteiger partial charge in [0.15, 0.2) is 0 Å². The van der Waals surface area contributed by atoms with E-state index in [2.05, 4.69) is 36.4 Å². The van der Waals surface area contributed by atoms with E-state index >= 15 is 0 Å². The lowest BCUT2D eigenvalue weighted by Gasteiger charge is -2.28. The lowest BCUT2D eigenvalue weighted by molar-refractivity contribution is -0.159. The second kappa shape index (κ2) is 10.2. The fourth-order valence-electron chi connectivity index (χ4n) is 3.45. The number of aromatic nitrogens is 1. The first-order valence-corrected chi connectivity index (χ1v) is 11.1. The van der Waals surface area contributed by atoms with E-state index in [0.29, 0.717) is 12.8 Å². The van der Waals surface area contributed by atoms with Gasteiger partial charge < -0.3 is 20.4 Å². The molecule has 7 nitrogen and oxygen atoms in total. The molecule has 0 fully saturated rings. The Morgan fingerprint density at radius 2 is 1.66 bits per heavy atom. The van der Waals surface area contributed by atoms with Gasteiger partial charge in [-0.2, -0.15) is 0 Å². The maximum Gasteiger partial charge on any atom is 0.329 e. The minimum Gasteiger partial charge on any atom is -0.458 e. The maximum atomic E-state index is 13.2. The molecule has 2 aromatic rings. The topological polar surface area (TPSA) is 100 Å². The number of amides is 2. The Balaban J connectivity index is 2.22. The van der Waals surface area contributed by atoms with Crippen molar-refractivity contribution in [3.8, 4) is 0 Å². The first-order valence-electron chi connectivity index (χ1n) is 11.1. The van der Waals surface area contributed by atoms with Gasteiger partial charge in [0.2, 0.25) is 11.8 Å². The molecule has 0 aliphatic heterocycles. The predicted octanol–water partition coefficient (Wildman–Crippen LogP) is 3.87. The van der Waals surface area contributed by atoms with Gasteiger partial charge >= 0.3 is 5.97 Å². The number of carbonyl (C=O) groups is 3. The molecule has 0 saturated carbocycles. The van der Waals surface area contributed by atoms with Gasteiger partial charge in [-0.3, -0.25) is 9.59 Å².